The Morgan fingerprint density at radius 3 is 2.52 bits per heavy atom. The largest absolute Gasteiger partial charge is 0.456 e. The molecule has 0 unspecified atom stereocenters. The van der Waals surface area contributed by atoms with Crippen molar-refractivity contribution in [1.29, 1.82) is 0 Å². The molecular weight excluding hydrogens is 364 g/mol. The van der Waals surface area contributed by atoms with Gasteiger partial charge in [-0.3, -0.25) is 9.59 Å². The van der Waals surface area contributed by atoms with Gasteiger partial charge in [0.15, 0.2) is 6.61 Å². The zero-order valence-corrected chi connectivity index (χ0v) is 14.9. The second-order valence-corrected chi connectivity index (χ2v) is 7.94. The third-order valence-electron chi connectivity index (χ3n) is 3.08. The summed E-state index contributed by atoms with van der Waals surface area (Å²) >= 11 is 1.09. The Labute approximate surface area is 150 Å². The Hall–Kier alpha value is -2.23. The van der Waals surface area contributed by atoms with Gasteiger partial charge in [0.2, 0.25) is 10.0 Å². The second-order valence-electron chi connectivity index (χ2n) is 5.00. The fourth-order valence-electron chi connectivity index (χ4n) is 1.84. The Balaban J connectivity index is 1.63. The number of rotatable bonds is 9. The third-order valence-corrected chi connectivity index (χ3v) is 5.94. The highest BCUT2D eigenvalue weighted by molar-refractivity contribution is 7.91. The van der Waals surface area contributed by atoms with Crippen LogP contribution in [0.15, 0.2) is 52.1 Å². The lowest BCUT2D eigenvalue weighted by molar-refractivity contribution is -0.148. The van der Waals surface area contributed by atoms with Crippen LogP contribution in [0.4, 0.5) is 0 Å². The molecule has 0 fully saturated rings. The number of sulfonamides is 1. The molecule has 0 saturated carbocycles. The lowest BCUT2D eigenvalue weighted by atomic mass is 10.2. The molecule has 0 radical (unpaired) electrons. The molecule has 0 aliphatic rings. The number of hydrogen-bond donors (Lipinski definition) is 2. The van der Waals surface area contributed by atoms with Gasteiger partial charge in [0.05, 0.1) is 6.42 Å². The average Bonchev–Trinajstić information content (AvgIpc) is 3.14. The normalized spacial score (nSPS) is 11.0. The number of ether oxygens (including phenoxy) is 1. The first-order valence-corrected chi connectivity index (χ1v) is 9.83. The molecule has 0 atom stereocenters. The van der Waals surface area contributed by atoms with Gasteiger partial charge in [-0.05, 0) is 17.0 Å². The van der Waals surface area contributed by atoms with Crippen molar-refractivity contribution >= 4 is 33.2 Å². The molecule has 1 heterocycles. The summed E-state index contributed by atoms with van der Waals surface area (Å²) in [6.07, 6.45) is -0.156. The van der Waals surface area contributed by atoms with Gasteiger partial charge in [-0.25, -0.2) is 13.1 Å². The van der Waals surface area contributed by atoms with Gasteiger partial charge in [0.25, 0.3) is 5.91 Å². The van der Waals surface area contributed by atoms with Crippen molar-refractivity contribution < 1.29 is 22.7 Å². The van der Waals surface area contributed by atoms with E-state index < -0.39 is 28.5 Å². The lowest BCUT2D eigenvalue weighted by Gasteiger charge is -2.07. The first-order chi connectivity index (χ1) is 12.0. The number of carbonyl (C=O) groups excluding carboxylic acids is 2. The maximum Gasteiger partial charge on any atom is 0.307 e. The van der Waals surface area contributed by atoms with Crippen LogP contribution in [0.1, 0.15) is 12.0 Å². The van der Waals surface area contributed by atoms with E-state index in [1.165, 1.54) is 6.07 Å². The molecule has 0 bridgehead atoms. The molecule has 2 aromatic rings. The van der Waals surface area contributed by atoms with Gasteiger partial charge in [-0.15, -0.1) is 11.3 Å². The average molecular weight is 382 g/mol. The van der Waals surface area contributed by atoms with Crippen LogP contribution in [-0.4, -0.2) is 33.4 Å². The van der Waals surface area contributed by atoms with E-state index in [9.17, 15) is 18.0 Å². The number of nitrogens with one attached hydrogen (secondary N) is 2. The van der Waals surface area contributed by atoms with Gasteiger partial charge < -0.3 is 10.1 Å². The van der Waals surface area contributed by atoms with E-state index in [0.29, 0.717) is 6.54 Å². The molecule has 9 heteroatoms. The van der Waals surface area contributed by atoms with Crippen LogP contribution in [0, 0.1) is 0 Å². The number of thiophene rings is 1. The predicted octanol–water partition coefficient (Wildman–Crippen LogP) is 1.28. The number of benzene rings is 1. The summed E-state index contributed by atoms with van der Waals surface area (Å²) in [4.78, 5) is 23.2. The molecular formula is C16H18N2O5S2. The van der Waals surface area contributed by atoms with Crippen molar-refractivity contribution in [3.05, 3.63) is 53.4 Å². The van der Waals surface area contributed by atoms with Crippen LogP contribution in [0.2, 0.25) is 0 Å². The Kier molecular flexibility index (Phi) is 7.11. The van der Waals surface area contributed by atoms with E-state index in [0.717, 1.165) is 16.9 Å². The molecule has 7 nitrogen and oxygen atoms in total. The molecule has 134 valence electrons. The SMILES string of the molecule is O=C(COC(=O)CCNS(=O)(=O)c1cccs1)NCc1ccccc1. The summed E-state index contributed by atoms with van der Waals surface area (Å²) in [5.41, 5.74) is 0.935. The molecule has 2 N–H and O–H groups in total. The predicted molar refractivity (Wildman–Crippen MR) is 93.4 cm³/mol. The van der Waals surface area contributed by atoms with Crippen molar-refractivity contribution in [1.82, 2.24) is 10.0 Å². The zero-order valence-electron chi connectivity index (χ0n) is 13.3. The van der Waals surface area contributed by atoms with Gasteiger partial charge in [-0.1, -0.05) is 36.4 Å². The van der Waals surface area contributed by atoms with E-state index in [4.69, 9.17) is 4.74 Å². The molecule has 25 heavy (non-hydrogen) atoms. The molecule has 0 spiro atoms. The Morgan fingerprint density at radius 2 is 1.84 bits per heavy atom. The summed E-state index contributed by atoms with van der Waals surface area (Å²) in [6, 6.07) is 12.4. The summed E-state index contributed by atoms with van der Waals surface area (Å²) < 4.78 is 31.0. The minimum Gasteiger partial charge on any atom is -0.456 e. The molecule has 0 aliphatic heterocycles. The maximum atomic E-state index is 11.8. The molecule has 1 aromatic carbocycles. The number of amides is 1. The summed E-state index contributed by atoms with van der Waals surface area (Å²) in [5, 5.41) is 4.28. The summed E-state index contributed by atoms with van der Waals surface area (Å²) in [5.74, 6) is -1.07. The highest BCUT2D eigenvalue weighted by atomic mass is 32.2. The van der Waals surface area contributed by atoms with Crippen molar-refractivity contribution in [3.63, 3.8) is 0 Å². The Morgan fingerprint density at radius 1 is 1.08 bits per heavy atom. The molecule has 0 saturated heterocycles. The molecule has 2 rings (SSSR count). The maximum absolute atomic E-state index is 11.8. The van der Waals surface area contributed by atoms with Crippen LogP contribution in [-0.2, 0) is 30.9 Å². The van der Waals surface area contributed by atoms with Crippen LogP contribution in [0.25, 0.3) is 0 Å². The second kappa shape index (κ2) is 9.30. The fourth-order valence-corrected chi connectivity index (χ4v) is 3.91. The number of hydrogen-bond acceptors (Lipinski definition) is 6. The number of carbonyl (C=O) groups is 2. The minimum absolute atomic E-state index is 0.0926. The highest BCUT2D eigenvalue weighted by Crippen LogP contribution is 2.14. The summed E-state index contributed by atoms with van der Waals surface area (Å²) in [6.45, 7) is -0.147. The Bertz CT molecular complexity index is 789. The van der Waals surface area contributed by atoms with E-state index in [-0.39, 0.29) is 17.2 Å². The molecule has 1 aromatic heterocycles. The third kappa shape index (κ3) is 6.65. The lowest BCUT2D eigenvalue weighted by Crippen LogP contribution is -2.30. The van der Waals surface area contributed by atoms with Crippen LogP contribution < -0.4 is 10.0 Å². The smallest absolute Gasteiger partial charge is 0.307 e. The van der Waals surface area contributed by atoms with Crippen molar-refractivity contribution in [3.8, 4) is 0 Å². The van der Waals surface area contributed by atoms with Gasteiger partial charge in [0, 0.05) is 13.1 Å². The van der Waals surface area contributed by atoms with Crippen LogP contribution >= 0.6 is 11.3 Å². The van der Waals surface area contributed by atoms with Crippen molar-refractivity contribution in [2.24, 2.45) is 0 Å². The minimum atomic E-state index is -3.60. The quantitative estimate of drug-likeness (QED) is 0.636. The molecule has 0 aliphatic carbocycles. The van der Waals surface area contributed by atoms with E-state index in [2.05, 4.69) is 10.0 Å². The standard InChI is InChI=1S/C16H18N2O5S2/c19-14(17-11-13-5-2-1-3-6-13)12-23-15(20)8-9-18-25(21,22)16-7-4-10-24-16/h1-7,10,18H,8-9,11-12H2,(H,17,19). The highest BCUT2D eigenvalue weighted by Gasteiger charge is 2.15. The van der Waals surface area contributed by atoms with Gasteiger partial charge in [0.1, 0.15) is 4.21 Å². The van der Waals surface area contributed by atoms with Crippen LogP contribution in [0.5, 0.6) is 0 Å². The van der Waals surface area contributed by atoms with Crippen molar-refractivity contribution in [2.75, 3.05) is 13.2 Å². The fraction of sp³-hybridized carbons (Fsp3) is 0.250. The van der Waals surface area contributed by atoms with Gasteiger partial charge in [-0.2, -0.15) is 0 Å². The monoisotopic (exact) mass is 382 g/mol. The topological polar surface area (TPSA) is 102 Å². The van der Waals surface area contributed by atoms with Crippen molar-refractivity contribution in [2.45, 2.75) is 17.2 Å². The van der Waals surface area contributed by atoms with Crippen LogP contribution in [0.3, 0.4) is 0 Å². The van der Waals surface area contributed by atoms with E-state index in [1.54, 1.807) is 11.4 Å². The van der Waals surface area contributed by atoms with Gasteiger partial charge >= 0.3 is 5.97 Å². The summed E-state index contributed by atoms with van der Waals surface area (Å²) in [7, 11) is -3.60. The molecule has 1 amide bonds. The number of esters is 1. The first kappa shape index (κ1) is 19.1. The first-order valence-electron chi connectivity index (χ1n) is 7.47. The zero-order chi connectivity index (χ0) is 18.1. The van der Waals surface area contributed by atoms with E-state index >= 15 is 0 Å². The van der Waals surface area contributed by atoms with E-state index in [1.807, 2.05) is 30.3 Å².